The first-order valence-electron chi connectivity index (χ1n) is 8.22. The highest BCUT2D eigenvalue weighted by atomic mass is 16.4. The quantitative estimate of drug-likeness (QED) is 0.502. The van der Waals surface area contributed by atoms with E-state index in [1.54, 1.807) is 0 Å². The fraction of sp³-hybridized carbons (Fsp3) is 0.526. The van der Waals surface area contributed by atoms with E-state index >= 15 is 0 Å². The Hall–Kier alpha value is -1.57. The van der Waals surface area contributed by atoms with Gasteiger partial charge in [-0.2, -0.15) is 0 Å². The number of hydrogen-bond donors (Lipinski definition) is 1. The molecular formula is C19H28O2. The van der Waals surface area contributed by atoms with Crippen molar-refractivity contribution in [2.75, 3.05) is 0 Å². The monoisotopic (exact) mass is 288 g/mol. The molecule has 0 aliphatic rings. The molecule has 0 aliphatic heterocycles. The van der Waals surface area contributed by atoms with Gasteiger partial charge in [-0.25, -0.2) is 0 Å². The summed E-state index contributed by atoms with van der Waals surface area (Å²) in [6.45, 7) is 0. The number of carboxylic acids is 1. The largest absolute Gasteiger partial charge is 0.481 e. The van der Waals surface area contributed by atoms with Gasteiger partial charge in [0.05, 0.1) is 0 Å². The van der Waals surface area contributed by atoms with Crippen LogP contribution in [0.3, 0.4) is 0 Å². The first kappa shape index (κ1) is 17.5. The van der Waals surface area contributed by atoms with Crippen molar-refractivity contribution >= 4 is 12.0 Å². The van der Waals surface area contributed by atoms with Gasteiger partial charge >= 0.3 is 5.97 Å². The van der Waals surface area contributed by atoms with Crippen molar-refractivity contribution < 1.29 is 9.90 Å². The fourth-order valence-electron chi connectivity index (χ4n) is 2.38. The number of carbonyl (C=O) groups is 1. The van der Waals surface area contributed by atoms with Gasteiger partial charge in [-0.15, -0.1) is 0 Å². The summed E-state index contributed by atoms with van der Waals surface area (Å²) in [7, 11) is 0. The van der Waals surface area contributed by atoms with E-state index in [1.807, 2.05) is 6.07 Å². The van der Waals surface area contributed by atoms with Crippen LogP contribution >= 0.6 is 0 Å². The van der Waals surface area contributed by atoms with Gasteiger partial charge < -0.3 is 5.11 Å². The smallest absolute Gasteiger partial charge is 0.303 e. The molecule has 1 rings (SSSR count). The molecule has 0 amide bonds. The Morgan fingerprint density at radius 3 is 2.05 bits per heavy atom. The average molecular weight is 288 g/mol. The third-order valence-electron chi connectivity index (χ3n) is 3.62. The second-order valence-electron chi connectivity index (χ2n) is 5.57. The van der Waals surface area contributed by atoms with E-state index in [0.29, 0.717) is 6.42 Å². The van der Waals surface area contributed by atoms with Crippen LogP contribution in [0.4, 0.5) is 0 Å². The van der Waals surface area contributed by atoms with Crippen LogP contribution in [-0.2, 0) is 4.79 Å². The van der Waals surface area contributed by atoms with Crippen LogP contribution in [-0.4, -0.2) is 11.1 Å². The van der Waals surface area contributed by atoms with E-state index in [2.05, 4.69) is 36.4 Å². The number of benzene rings is 1. The summed E-state index contributed by atoms with van der Waals surface area (Å²) in [5.41, 5.74) is 1.28. The Bertz CT molecular complexity index is 395. The zero-order valence-corrected chi connectivity index (χ0v) is 13.0. The number of rotatable bonds is 12. The van der Waals surface area contributed by atoms with Gasteiger partial charge in [0.25, 0.3) is 0 Å². The Morgan fingerprint density at radius 2 is 1.43 bits per heavy atom. The standard InChI is InChI=1S/C19H28O2/c20-19(21)17-13-8-6-4-2-1-3-5-7-10-14-18-15-11-9-12-16-18/h9-12,14-16H,1-8,13,17H2,(H,20,21). The van der Waals surface area contributed by atoms with E-state index in [9.17, 15) is 4.79 Å². The van der Waals surface area contributed by atoms with Gasteiger partial charge in [-0.05, 0) is 24.8 Å². The summed E-state index contributed by atoms with van der Waals surface area (Å²) in [5.74, 6) is -0.668. The highest BCUT2D eigenvalue weighted by Gasteiger charge is 1.96. The second kappa shape index (κ2) is 12.2. The van der Waals surface area contributed by atoms with Crippen molar-refractivity contribution in [3.05, 3.63) is 42.0 Å². The summed E-state index contributed by atoms with van der Waals surface area (Å²) in [5, 5.41) is 8.52. The minimum absolute atomic E-state index is 0.327. The van der Waals surface area contributed by atoms with Gasteiger partial charge in [-0.3, -0.25) is 4.79 Å². The minimum atomic E-state index is -0.668. The molecule has 2 heteroatoms. The van der Waals surface area contributed by atoms with E-state index in [1.165, 1.54) is 44.1 Å². The fourth-order valence-corrected chi connectivity index (χ4v) is 2.38. The van der Waals surface area contributed by atoms with Gasteiger partial charge in [0.15, 0.2) is 0 Å². The summed E-state index contributed by atoms with van der Waals surface area (Å²) < 4.78 is 0. The van der Waals surface area contributed by atoms with Crippen LogP contribution in [0.1, 0.15) is 69.8 Å². The zero-order chi connectivity index (χ0) is 15.2. The molecular weight excluding hydrogens is 260 g/mol. The lowest BCUT2D eigenvalue weighted by atomic mass is 10.1. The molecule has 0 radical (unpaired) electrons. The summed E-state index contributed by atoms with van der Waals surface area (Å²) in [6, 6.07) is 10.4. The lowest BCUT2D eigenvalue weighted by Gasteiger charge is -2.00. The number of allylic oxidation sites excluding steroid dienone is 1. The SMILES string of the molecule is O=C(O)CCCCCCCCCCC=Cc1ccccc1. The molecule has 116 valence electrons. The number of hydrogen-bond acceptors (Lipinski definition) is 1. The third kappa shape index (κ3) is 10.8. The molecule has 0 aliphatic carbocycles. The minimum Gasteiger partial charge on any atom is -0.481 e. The van der Waals surface area contributed by atoms with Crippen molar-refractivity contribution in [1.29, 1.82) is 0 Å². The topological polar surface area (TPSA) is 37.3 Å². The molecule has 0 unspecified atom stereocenters. The van der Waals surface area contributed by atoms with Crippen LogP contribution in [0.2, 0.25) is 0 Å². The molecule has 1 aromatic carbocycles. The zero-order valence-electron chi connectivity index (χ0n) is 13.0. The summed E-state index contributed by atoms with van der Waals surface area (Å²) in [6.07, 6.45) is 15.4. The van der Waals surface area contributed by atoms with Crippen LogP contribution in [0, 0.1) is 0 Å². The molecule has 0 atom stereocenters. The molecule has 0 aromatic heterocycles. The predicted octanol–water partition coefficient (Wildman–Crippen LogP) is 5.69. The number of carboxylic acid groups (broad SMARTS) is 1. The molecule has 0 bridgehead atoms. The molecule has 0 saturated heterocycles. The first-order chi connectivity index (χ1) is 10.3. The molecule has 1 aromatic rings. The van der Waals surface area contributed by atoms with Gasteiger partial charge in [0, 0.05) is 6.42 Å². The van der Waals surface area contributed by atoms with Crippen molar-refractivity contribution in [3.63, 3.8) is 0 Å². The molecule has 0 heterocycles. The average Bonchev–Trinajstić information content (AvgIpc) is 2.49. The normalized spacial score (nSPS) is 11.0. The second-order valence-corrected chi connectivity index (χ2v) is 5.57. The molecule has 0 fully saturated rings. The Morgan fingerprint density at radius 1 is 0.857 bits per heavy atom. The molecule has 1 N–H and O–H groups in total. The maximum absolute atomic E-state index is 10.3. The van der Waals surface area contributed by atoms with Crippen molar-refractivity contribution in [2.24, 2.45) is 0 Å². The molecule has 0 spiro atoms. The first-order valence-corrected chi connectivity index (χ1v) is 8.22. The van der Waals surface area contributed by atoms with Crippen LogP contribution in [0.15, 0.2) is 36.4 Å². The maximum Gasteiger partial charge on any atom is 0.303 e. The Balaban J connectivity index is 1.85. The number of aliphatic carboxylic acids is 1. The Kier molecular flexibility index (Phi) is 10.1. The van der Waals surface area contributed by atoms with Crippen molar-refractivity contribution in [1.82, 2.24) is 0 Å². The highest BCUT2D eigenvalue weighted by Crippen LogP contribution is 2.11. The molecule has 21 heavy (non-hydrogen) atoms. The highest BCUT2D eigenvalue weighted by molar-refractivity contribution is 5.66. The third-order valence-corrected chi connectivity index (χ3v) is 3.62. The van der Waals surface area contributed by atoms with Crippen molar-refractivity contribution in [3.8, 4) is 0 Å². The van der Waals surface area contributed by atoms with Crippen molar-refractivity contribution in [2.45, 2.75) is 64.2 Å². The van der Waals surface area contributed by atoms with Crippen LogP contribution in [0.5, 0.6) is 0 Å². The summed E-state index contributed by atoms with van der Waals surface area (Å²) >= 11 is 0. The predicted molar refractivity (Wildman–Crippen MR) is 89.3 cm³/mol. The van der Waals surface area contributed by atoms with Gasteiger partial charge in [0.1, 0.15) is 0 Å². The van der Waals surface area contributed by atoms with E-state index in [4.69, 9.17) is 5.11 Å². The maximum atomic E-state index is 10.3. The molecule has 0 saturated carbocycles. The lowest BCUT2D eigenvalue weighted by molar-refractivity contribution is -0.137. The van der Waals surface area contributed by atoms with Crippen LogP contribution < -0.4 is 0 Å². The van der Waals surface area contributed by atoms with Gasteiger partial charge in [0.2, 0.25) is 0 Å². The van der Waals surface area contributed by atoms with E-state index in [-0.39, 0.29) is 0 Å². The lowest BCUT2D eigenvalue weighted by Crippen LogP contribution is -1.93. The molecule has 2 nitrogen and oxygen atoms in total. The van der Waals surface area contributed by atoms with Gasteiger partial charge in [-0.1, -0.05) is 81.0 Å². The van der Waals surface area contributed by atoms with Crippen LogP contribution in [0.25, 0.3) is 6.08 Å². The number of unbranched alkanes of at least 4 members (excludes halogenated alkanes) is 8. The van der Waals surface area contributed by atoms with E-state index in [0.717, 1.165) is 19.3 Å². The Labute approximate surface area is 128 Å². The summed E-state index contributed by atoms with van der Waals surface area (Å²) in [4.78, 5) is 10.3. The van der Waals surface area contributed by atoms with E-state index < -0.39 is 5.97 Å².